The van der Waals surface area contributed by atoms with Gasteiger partial charge in [-0.05, 0) is 24.3 Å². The molecule has 0 aliphatic heterocycles. The summed E-state index contributed by atoms with van der Waals surface area (Å²) in [6.45, 7) is 0. The molecule has 2 N–H and O–H groups in total. The Hall–Kier alpha value is -1.97. The molecule has 1 amide bonds. The molecule has 0 unspecified atom stereocenters. The molecular weight excluding hydrogens is 370 g/mol. The van der Waals surface area contributed by atoms with Gasteiger partial charge in [0.05, 0.1) is 18.4 Å². The number of carbonyl (C=O) groups excluding carboxylic acids is 1. The third-order valence-corrected chi connectivity index (χ3v) is 5.11. The molecule has 0 fully saturated rings. The number of H-pyrrole nitrogens is 1. The highest BCUT2D eigenvalue weighted by molar-refractivity contribution is 8.15. The van der Waals surface area contributed by atoms with Crippen LogP contribution >= 0.6 is 35.1 Å². The Balaban J connectivity index is 1.62. The lowest BCUT2D eigenvalue weighted by Gasteiger charge is -2.01. The van der Waals surface area contributed by atoms with E-state index in [-0.39, 0.29) is 5.95 Å². The normalized spacial score (nSPS) is 10.8. The minimum Gasteiger partial charge on any atom is -0.453 e. The van der Waals surface area contributed by atoms with Gasteiger partial charge in [0.15, 0.2) is 10.8 Å². The largest absolute Gasteiger partial charge is 0.453 e. The first-order valence-electron chi connectivity index (χ1n) is 6.73. The lowest BCUT2D eigenvalue weighted by molar-refractivity contribution is 0.186. The van der Waals surface area contributed by atoms with Gasteiger partial charge >= 0.3 is 6.09 Å². The number of anilines is 1. The topological polar surface area (TPSA) is 92.8 Å². The summed E-state index contributed by atoms with van der Waals surface area (Å²) in [4.78, 5) is 28.0. The standard InChI is InChI=1S/C14H12ClN5O2S2/c1-22-14(21)20-12-17-10-6-16-13(19-11(10)18-12)24-7-23-9-4-2-8(15)3-5-9/h2-6H,7H2,1H3,(H2,16,17,18,19,20,21). The second kappa shape index (κ2) is 7.73. The van der Waals surface area contributed by atoms with Crippen LogP contribution in [-0.4, -0.2) is 38.2 Å². The molecule has 3 rings (SSSR count). The lowest BCUT2D eigenvalue weighted by Crippen LogP contribution is -2.11. The zero-order valence-electron chi connectivity index (χ0n) is 12.4. The number of thioether (sulfide) groups is 2. The van der Waals surface area contributed by atoms with Gasteiger partial charge in [0.2, 0.25) is 5.95 Å². The van der Waals surface area contributed by atoms with Crippen molar-refractivity contribution in [1.29, 1.82) is 0 Å². The summed E-state index contributed by atoms with van der Waals surface area (Å²) in [6.07, 6.45) is 1.03. The van der Waals surface area contributed by atoms with E-state index >= 15 is 0 Å². The molecule has 2 aromatic heterocycles. The van der Waals surface area contributed by atoms with Crippen molar-refractivity contribution in [3.8, 4) is 0 Å². The van der Waals surface area contributed by atoms with Gasteiger partial charge in [-0.15, -0.1) is 11.8 Å². The number of nitrogens with zero attached hydrogens (tertiary/aromatic N) is 3. The quantitative estimate of drug-likeness (QED) is 0.391. The second-order valence-corrected chi connectivity index (χ2v) is 7.25. The Morgan fingerprint density at radius 2 is 2.08 bits per heavy atom. The van der Waals surface area contributed by atoms with Crippen LogP contribution in [0.5, 0.6) is 0 Å². The number of aromatic nitrogens is 4. The number of rotatable bonds is 5. The molecule has 0 aliphatic carbocycles. The molecule has 0 saturated carbocycles. The van der Waals surface area contributed by atoms with E-state index in [1.807, 2.05) is 24.3 Å². The van der Waals surface area contributed by atoms with E-state index < -0.39 is 6.09 Å². The molecule has 2 heterocycles. The maximum Gasteiger partial charge on any atom is 0.413 e. The Morgan fingerprint density at radius 3 is 2.83 bits per heavy atom. The molecule has 7 nitrogen and oxygen atoms in total. The maximum atomic E-state index is 11.2. The van der Waals surface area contributed by atoms with E-state index in [2.05, 4.69) is 30.0 Å². The Bertz CT molecular complexity index is 856. The van der Waals surface area contributed by atoms with Crippen LogP contribution < -0.4 is 5.32 Å². The molecule has 0 bridgehead atoms. The fraction of sp³-hybridized carbons (Fsp3) is 0.143. The van der Waals surface area contributed by atoms with E-state index in [9.17, 15) is 4.79 Å². The van der Waals surface area contributed by atoms with E-state index in [0.717, 1.165) is 15.0 Å². The maximum absolute atomic E-state index is 11.2. The summed E-state index contributed by atoms with van der Waals surface area (Å²) in [5.41, 5.74) is 1.12. The molecule has 0 spiro atoms. The van der Waals surface area contributed by atoms with E-state index in [1.165, 1.54) is 18.9 Å². The third-order valence-electron chi connectivity index (χ3n) is 2.85. The number of amides is 1. The Labute approximate surface area is 151 Å². The fourth-order valence-corrected chi connectivity index (χ4v) is 3.68. The van der Waals surface area contributed by atoms with Crippen LogP contribution in [0.25, 0.3) is 11.2 Å². The van der Waals surface area contributed by atoms with Crippen LogP contribution in [-0.2, 0) is 4.74 Å². The summed E-state index contributed by atoms with van der Waals surface area (Å²) >= 11 is 9.03. The van der Waals surface area contributed by atoms with Crippen molar-refractivity contribution in [2.75, 3.05) is 17.5 Å². The van der Waals surface area contributed by atoms with Crippen LogP contribution in [0.4, 0.5) is 10.7 Å². The van der Waals surface area contributed by atoms with Gasteiger partial charge in [-0.1, -0.05) is 23.4 Å². The first-order valence-corrected chi connectivity index (χ1v) is 9.08. The van der Waals surface area contributed by atoms with Crippen LogP contribution in [0.15, 0.2) is 40.5 Å². The van der Waals surface area contributed by atoms with Crippen molar-refractivity contribution in [2.24, 2.45) is 0 Å². The number of benzene rings is 1. The van der Waals surface area contributed by atoms with Crippen molar-refractivity contribution in [1.82, 2.24) is 19.9 Å². The smallest absolute Gasteiger partial charge is 0.413 e. The zero-order valence-corrected chi connectivity index (χ0v) is 14.8. The average molecular weight is 382 g/mol. The van der Waals surface area contributed by atoms with Crippen molar-refractivity contribution >= 4 is 58.3 Å². The molecule has 1 aromatic carbocycles. The molecular formula is C14H12ClN5O2S2. The van der Waals surface area contributed by atoms with Gasteiger partial charge in [-0.25, -0.2) is 14.8 Å². The molecule has 0 radical (unpaired) electrons. The molecule has 10 heteroatoms. The Kier molecular flexibility index (Phi) is 5.44. The van der Waals surface area contributed by atoms with Crippen molar-refractivity contribution in [2.45, 2.75) is 10.1 Å². The summed E-state index contributed by atoms with van der Waals surface area (Å²) in [5, 5.41) is 4.54. The molecule has 124 valence electrons. The zero-order chi connectivity index (χ0) is 16.9. The molecule has 0 aliphatic rings. The minimum absolute atomic E-state index is 0.267. The number of carbonyl (C=O) groups is 1. The van der Waals surface area contributed by atoms with E-state index in [1.54, 1.807) is 18.0 Å². The highest BCUT2D eigenvalue weighted by Gasteiger charge is 2.09. The van der Waals surface area contributed by atoms with Crippen molar-refractivity contribution < 1.29 is 9.53 Å². The number of imidazole rings is 1. The van der Waals surface area contributed by atoms with Gasteiger partial charge in [-0.2, -0.15) is 4.98 Å². The van der Waals surface area contributed by atoms with Crippen LogP contribution in [0.2, 0.25) is 5.02 Å². The van der Waals surface area contributed by atoms with E-state index in [4.69, 9.17) is 11.6 Å². The van der Waals surface area contributed by atoms with Gasteiger partial charge in [0, 0.05) is 9.92 Å². The number of ether oxygens (including phenoxy) is 1. The second-order valence-electron chi connectivity index (χ2n) is 4.45. The number of hydrogen-bond acceptors (Lipinski definition) is 7. The minimum atomic E-state index is -0.601. The predicted molar refractivity (Wildman–Crippen MR) is 95.7 cm³/mol. The number of halogens is 1. The highest BCUT2D eigenvalue weighted by atomic mass is 35.5. The van der Waals surface area contributed by atoms with Gasteiger partial charge in [0.1, 0.15) is 5.52 Å². The first kappa shape index (κ1) is 16.9. The lowest BCUT2D eigenvalue weighted by atomic mass is 10.4. The number of hydrogen-bond donors (Lipinski definition) is 2. The average Bonchev–Trinajstić information content (AvgIpc) is 2.98. The van der Waals surface area contributed by atoms with Crippen LogP contribution in [0.3, 0.4) is 0 Å². The fourth-order valence-electron chi connectivity index (χ4n) is 1.75. The molecule has 0 atom stereocenters. The van der Waals surface area contributed by atoms with Crippen molar-refractivity contribution in [3.05, 3.63) is 35.5 Å². The third kappa shape index (κ3) is 4.31. The summed E-state index contributed by atoms with van der Waals surface area (Å²) < 4.78 is 4.52. The summed E-state index contributed by atoms with van der Waals surface area (Å²) in [5.74, 6) is 0.267. The van der Waals surface area contributed by atoms with Crippen molar-refractivity contribution in [3.63, 3.8) is 0 Å². The number of nitrogens with one attached hydrogen (secondary N) is 2. The van der Waals surface area contributed by atoms with Gasteiger partial charge < -0.3 is 9.72 Å². The SMILES string of the molecule is COC(=O)Nc1nc2nc(SCSc3ccc(Cl)cc3)ncc2[nH]1. The summed E-state index contributed by atoms with van der Waals surface area (Å²) in [7, 11) is 1.28. The molecule has 24 heavy (non-hydrogen) atoms. The summed E-state index contributed by atoms with van der Waals surface area (Å²) in [6, 6.07) is 7.65. The molecule has 3 aromatic rings. The Morgan fingerprint density at radius 1 is 1.29 bits per heavy atom. The monoisotopic (exact) mass is 381 g/mol. The predicted octanol–water partition coefficient (Wildman–Crippen LogP) is 4.03. The van der Waals surface area contributed by atoms with Crippen LogP contribution in [0, 0.1) is 0 Å². The number of methoxy groups -OCH3 is 1. The molecule has 0 saturated heterocycles. The number of aromatic amines is 1. The first-order chi connectivity index (χ1) is 11.6. The van der Waals surface area contributed by atoms with E-state index in [0.29, 0.717) is 16.3 Å². The van der Waals surface area contributed by atoms with Crippen LogP contribution in [0.1, 0.15) is 0 Å². The van der Waals surface area contributed by atoms with Gasteiger partial charge in [-0.3, -0.25) is 5.32 Å². The highest BCUT2D eigenvalue weighted by Crippen LogP contribution is 2.27. The van der Waals surface area contributed by atoms with Gasteiger partial charge in [0.25, 0.3) is 0 Å². The number of fused-ring (bicyclic) bond motifs is 1.